The van der Waals surface area contributed by atoms with E-state index in [4.69, 9.17) is 11.6 Å². The van der Waals surface area contributed by atoms with Gasteiger partial charge in [0.2, 0.25) is 15.9 Å². The number of nitrogens with one attached hydrogen (secondary N) is 1. The monoisotopic (exact) mass is 567 g/mol. The van der Waals surface area contributed by atoms with Crippen LogP contribution in [0.25, 0.3) is 11.8 Å². The molecule has 2 saturated heterocycles. The molecule has 1 N–H and O–H groups in total. The highest BCUT2D eigenvalue weighted by atomic mass is 35.5. The topological polar surface area (TPSA) is 87.5 Å². The van der Waals surface area contributed by atoms with Crippen molar-refractivity contribution in [1.82, 2.24) is 19.2 Å². The molecule has 2 atom stereocenters. The van der Waals surface area contributed by atoms with Gasteiger partial charge in [-0.2, -0.15) is 4.72 Å². The summed E-state index contributed by atoms with van der Waals surface area (Å²) in [6.45, 7) is 1.60. The smallest absolute Gasteiger partial charge is 0.245 e. The molecule has 2 fully saturated rings. The number of anilines is 1. The predicted molar refractivity (Wildman–Crippen MR) is 139 cm³/mol. The van der Waals surface area contributed by atoms with Crippen LogP contribution in [0.4, 0.5) is 14.5 Å². The van der Waals surface area contributed by atoms with E-state index in [0.29, 0.717) is 46.8 Å². The molecule has 0 bridgehead atoms. The number of likely N-dealkylation sites (tertiary alicyclic amines) is 1. The average molecular weight is 568 g/mol. The minimum atomic E-state index is -3.90. The van der Waals surface area contributed by atoms with Crippen LogP contribution in [-0.4, -0.2) is 60.6 Å². The first-order valence-corrected chi connectivity index (χ1v) is 14.4. The van der Waals surface area contributed by atoms with E-state index < -0.39 is 34.0 Å². The molecular weight excluding hydrogens is 544 g/mol. The molecule has 0 radical (unpaired) electrons. The Morgan fingerprint density at radius 3 is 2.76 bits per heavy atom. The number of imidazole rings is 1. The van der Waals surface area contributed by atoms with E-state index >= 15 is 4.39 Å². The quantitative estimate of drug-likeness (QED) is 0.445. The highest BCUT2D eigenvalue weighted by Gasteiger charge is 2.36. The highest BCUT2D eigenvalue weighted by Crippen LogP contribution is 2.28. The molecular formula is C24H24ClF2N5O3S2. The fraction of sp³-hybridized carbons (Fsp3) is 0.333. The maximum atomic E-state index is 15.2. The Labute approximate surface area is 222 Å². The van der Waals surface area contributed by atoms with Gasteiger partial charge in [-0.1, -0.05) is 11.6 Å². The first kappa shape index (κ1) is 26.0. The summed E-state index contributed by atoms with van der Waals surface area (Å²) in [5, 5.41) is 0.985. The Hall–Kier alpha value is -2.64. The van der Waals surface area contributed by atoms with Crippen molar-refractivity contribution in [2.24, 2.45) is 0 Å². The van der Waals surface area contributed by atoms with E-state index in [1.165, 1.54) is 34.4 Å². The zero-order valence-corrected chi connectivity index (χ0v) is 21.9. The summed E-state index contributed by atoms with van der Waals surface area (Å²) in [7, 11) is -3.90. The molecule has 1 amide bonds. The number of carbonyl (C=O) groups excluding carboxylic acids is 1. The van der Waals surface area contributed by atoms with Gasteiger partial charge in [0.15, 0.2) is 0 Å². The number of rotatable bonds is 8. The molecule has 0 aliphatic carbocycles. The molecule has 2 unspecified atom stereocenters. The molecule has 8 nitrogen and oxygen atoms in total. The molecule has 37 heavy (non-hydrogen) atoms. The van der Waals surface area contributed by atoms with Gasteiger partial charge < -0.3 is 9.47 Å². The summed E-state index contributed by atoms with van der Waals surface area (Å²) in [5.41, 5.74) is 0.591. The van der Waals surface area contributed by atoms with Gasteiger partial charge in [-0.05, 0) is 43.2 Å². The Bertz CT molecular complexity index is 1440. The molecule has 2 aliphatic rings. The van der Waals surface area contributed by atoms with Gasteiger partial charge in [0.05, 0.1) is 16.6 Å². The maximum Gasteiger partial charge on any atom is 0.245 e. The maximum absolute atomic E-state index is 15.2. The predicted octanol–water partition coefficient (Wildman–Crippen LogP) is 3.97. The number of aromatic nitrogens is 2. The van der Waals surface area contributed by atoms with Crippen molar-refractivity contribution < 1.29 is 22.0 Å². The molecule has 4 heterocycles. The summed E-state index contributed by atoms with van der Waals surface area (Å²) >= 11 is 7.09. The summed E-state index contributed by atoms with van der Waals surface area (Å²) in [5.74, 6) is -0.486. The van der Waals surface area contributed by atoms with Crippen LogP contribution in [0.1, 0.15) is 23.5 Å². The number of halogens is 3. The Balaban J connectivity index is 1.27. The number of hydrogen-bond acceptors (Lipinski definition) is 6. The third-order valence-corrected chi connectivity index (χ3v) is 8.62. The zero-order valence-electron chi connectivity index (χ0n) is 19.6. The van der Waals surface area contributed by atoms with Crippen LogP contribution >= 0.6 is 22.9 Å². The first-order chi connectivity index (χ1) is 17.7. The lowest BCUT2D eigenvalue weighted by Gasteiger charge is -2.19. The summed E-state index contributed by atoms with van der Waals surface area (Å²) in [4.78, 5) is 21.1. The molecule has 13 heteroatoms. The van der Waals surface area contributed by atoms with E-state index in [0.717, 1.165) is 5.41 Å². The van der Waals surface area contributed by atoms with Gasteiger partial charge in [-0.25, -0.2) is 22.2 Å². The van der Waals surface area contributed by atoms with Crippen molar-refractivity contribution in [1.29, 1.82) is 0 Å². The van der Waals surface area contributed by atoms with Crippen LogP contribution in [0.3, 0.4) is 0 Å². The van der Waals surface area contributed by atoms with Crippen molar-refractivity contribution in [2.75, 3.05) is 24.5 Å². The molecule has 196 valence electrons. The SMILES string of the molecule is O=C1C(NS(=O)(=O)/C=C/c2ccc(Cl)s2)CCN1c1ccc(-n2ccnc2CN2CCC(F)C2)cc1F. The second-order valence-electron chi connectivity index (χ2n) is 8.91. The Kier molecular flexibility index (Phi) is 7.46. The van der Waals surface area contributed by atoms with Gasteiger partial charge in [0.25, 0.3) is 0 Å². The molecule has 2 aliphatic heterocycles. The Morgan fingerprint density at radius 1 is 1.22 bits per heavy atom. The summed E-state index contributed by atoms with van der Waals surface area (Å²) in [6, 6.07) is 6.82. The standard InChI is InChI=1S/C24H24ClF2N5O3S2/c25-22-4-2-18(36-22)7-12-37(34,35)29-20-6-10-32(24(20)33)21-3-1-17(13-19(21)27)31-11-8-28-23(31)15-30-9-5-16(26)14-30/h1-4,7-8,11-13,16,20,29H,5-6,9-10,14-15H2/b12-7+. The van der Waals surface area contributed by atoms with E-state index in [1.54, 1.807) is 35.2 Å². The minimum Gasteiger partial charge on any atom is -0.308 e. The molecule has 5 rings (SSSR count). The number of alkyl halides is 1. The Morgan fingerprint density at radius 2 is 2.05 bits per heavy atom. The van der Waals surface area contributed by atoms with E-state index in [1.807, 2.05) is 4.90 Å². The number of amides is 1. The van der Waals surface area contributed by atoms with Crippen LogP contribution in [0.5, 0.6) is 0 Å². The second kappa shape index (κ2) is 10.6. The number of benzene rings is 1. The van der Waals surface area contributed by atoms with Gasteiger partial charge in [0.1, 0.15) is 23.9 Å². The normalized spacial score (nSPS) is 21.1. The summed E-state index contributed by atoms with van der Waals surface area (Å²) in [6.07, 6.45) is 4.56. The zero-order chi connectivity index (χ0) is 26.2. The number of nitrogens with zero attached hydrogens (tertiary/aromatic N) is 4. The molecule has 2 aromatic heterocycles. The fourth-order valence-corrected chi connectivity index (χ4v) is 6.59. The van der Waals surface area contributed by atoms with Crippen LogP contribution in [0.15, 0.2) is 48.1 Å². The molecule has 1 aromatic carbocycles. The van der Waals surface area contributed by atoms with Crippen molar-refractivity contribution >= 4 is 50.6 Å². The van der Waals surface area contributed by atoms with Crippen LogP contribution in [-0.2, 0) is 21.4 Å². The fourth-order valence-electron chi connectivity index (χ4n) is 4.52. The van der Waals surface area contributed by atoms with Gasteiger partial charge in [-0.3, -0.25) is 9.69 Å². The third-order valence-electron chi connectivity index (χ3n) is 6.31. The van der Waals surface area contributed by atoms with E-state index in [-0.39, 0.29) is 18.7 Å². The van der Waals surface area contributed by atoms with Gasteiger partial charge >= 0.3 is 0 Å². The minimum absolute atomic E-state index is 0.0701. The largest absolute Gasteiger partial charge is 0.308 e. The van der Waals surface area contributed by atoms with Crippen LogP contribution in [0.2, 0.25) is 4.34 Å². The molecule has 0 saturated carbocycles. The average Bonchev–Trinajstić information content (AvgIpc) is 3.64. The number of carbonyl (C=O) groups is 1. The lowest BCUT2D eigenvalue weighted by atomic mass is 10.2. The second-order valence-corrected chi connectivity index (χ2v) is 12.3. The number of sulfonamides is 1. The van der Waals surface area contributed by atoms with Crippen LogP contribution in [0, 0.1) is 5.82 Å². The van der Waals surface area contributed by atoms with Crippen molar-refractivity contribution in [3.8, 4) is 5.69 Å². The lowest BCUT2D eigenvalue weighted by Crippen LogP contribution is -2.40. The molecule has 3 aromatic rings. The number of hydrogen-bond donors (Lipinski definition) is 1. The van der Waals surface area contributed by atoms with Crippen molar-refractivity contribution in [3.63, 3.8) is 0 Å². The van der Waals surface area contributed by atoms with Crippen molar-refractivity contribution in [2.45, 2.75) is 31.6 Å². The summed E-state index contributed by atoms with van der Waals surface area (Å²) < 4.78 is 58.3. The van der Waals surface area contributed by atoms with Crippen LogP contribution < -0.4 is 9.62 Å². The van der Waals surface area contributed by atoms with Gasteiger partial charge in [0, 0.05) is 54.1 Å². The van der Waals surface area contributed by atoms with E-state index in [2.05, 4.69) is 9.71 Å². The third kappa shape index (κ3) is 5.93. The van der Waals surface area contributed by atoms with Crippen molar-refractivity contribution in [3.05, 3.63) is 69.0 Å². The first-order valence-electron chi connectivity index (χ1n) is 11.6. The number of thiophene rings is 1. The van der Waals surface area contributed by atoms with Gasteiger partial charge in [-0.15, -0.1) is 11.3 Å². The van der Waals surface area contributed by atoms with E-state index in [9.17, 15) is 17.6 Å². The highest BCUT2D eigenvalue weighted by molar-refractivity contribution is 7.92. The lowest BCUT2D eigenvalue weighted by molar-refractivity contribution is -0.118. The molecule has 0 spiro atoms.